The van der Waals surface area contributed by atoms with Crippen LogP contribution in [0.4, 0.5) is 0 Å². The van der Waals surface area contributed by atoms with Crippen LogP contribution in [0.3, 0.4) is 0 Å². The van der Waals surface area contributed by atoms with Gasteiger partial charge in [0.05, 0.1) is 5.71 Å². The summed E-state index contributed by atoms with van der Waals surface area (Å²) in [6.07, 6.45) is 2.96. The highest BCUT2D eigenvalue weighted by Gasteiger charge is 2.18. The fourth-order valence-corrected chi connectivity index (χ4v) is 2.43. The van der Waals surface area contributed by atoms with Crippen molar-refractivity contribution in [3.8, 4) is 0 Å². The number of aromatic amines is 1. The fraction of sp³-hybridized carbons (Fsp3) is 0.250. The molecule has 6 heteroatoms. The third kappa shape index (κ3) is 1.76. The number of amides is 1. The Kier molecular flexibility index (Phi) is 2.56. The van der Waals surface area contributed by atoms with Gasteiger partial charge in [-0.05, 0) is 18.6 Å². The highest BCUT2D eigenvalue weighted by atomic mass is 35.5. The van der Waals surface area contributed by atoms with Crippen LogP contribution in [0.15, 0.2) is 17.4 Å². The number of halogens is 1. The quantitative estimate of drug-likeness (QED) is 0.773. The van der Waals surface area contributed by atoms with Gasteiger partial charge in [-0.25, -0.2) is 10.4 Å². The van der Waals surface area contributed by atoms with Gasteiger partial charge in [0, 0.05) is 30.0 Å². The third-order valence-corrected chi connectivity index (χ3v) is 3.22. The van der Waals surface area contributed by atoms with E-state index in [9.17, 15) is 4.79 Å². The molecule has 0 aromatic carbocycles. The van der Waals surface area contributed by atoms with Crippen molar-refractivity contribution in [3.63, 3.8) is 0 Å². The second kappa shape index (κ2) is 4.10. The van der Waals surface area contributed by atoms with Crippen molar-refractivity contribution in [2.75, 3.05) is 0 Å². The van der Waals surface area contributed by atoms with E-state index in [-0.39, 0.29) is 5.91 Å². The summed E-state index contributed by atoms with van der Waals surface area (Å²) < 4.78 is 0. The van der Waals surface area contributed by atoms with Gasteiger partial charge in [-0.1, -0.05) is 11.6 Å². The molecule has 2 aromatic heterocycles. The molecule has 3 rings (SSSR count). The van der Waals surface area contributed by atoms with Crippen molar-refractivity contribution < 1.29 is 4.79 Å². The molecule has 1 aliphatic rings. The predicted molar refractivity (Wildman–Crippen MR) is 69.8 cm³/mol. The maximum atomic E-state index is 11.1. The van der Waals surface area contributed by atoms with Crippen molar-refractivity contribution in [2.45, 2.75) is 19.8 Å². The summed E-state index contributed by atoms with van der Waals surface area (Å²) in [4.78, 5) is 18.4. The SMILES string of the molecule is Cc1cc(Cl)nc2[nH]cc(C3=NNC(=O)CC3)c12. The van der Waals surface area contributed by atoms with Crippen LogP contribution in [-0.2, 0) is 4.79 Å². The number of aromatic nitrogens is 2. The van der Waals surface area contributed by atoms with E-state index in [0.29, 0.717) is 18.0 Å². The Hall–Kier alpha value is -1.88. The van der Waals surface area contributed by atoms with Crippen LogP contribution in [0, 0.1) is 6.92 Å². The molecule has 0 unspecified atom stereocenters. The Bertz CT molecular complexity index is 674. The summed E-state index contributed by atoms with van der Waals surface area (Å²) in [7, 11) is 0. The largest absolute Gasteiger partial charge is 0.345 e. The van der Waals surface area contributed by atoms with Crippen LogP contribution >= 0.6 is 11.6 Å². The summed E-state index contributed by atoms with van der Waals surface area (Å²) in [6, 6.07) is 1.82. The highest BCUT2D eigenvalue weighted by Crippen LogP contribution is 2.25. The molecule has 0 bridgehead atoms. The molecule has 5 nitrogen and oxygen atoms in total. The van der Waals surface area contributed by atoms with E-state index in [1.54, 1.807) is 0 Å². The number of carbonyl (C=O) groups is 1. The monoisotopic (exact) mass is 262 g/mol. The molecule has 0 aliphatic carbocycles. The molecular formula is C12H11ClN4O. The molecule has 92 valence electrons. The van der Waals surface area contributed by atoms with Gasteiger partial charge in [0.1, 0.15) is 10.8 Å². The van der Waals surface area contributed by atoms with Crippen molar-refractivity contribution in [3.05, 3.63) is 28.5 Å². The Morgan fingerprint density at radius 3 is 2.94 bits per heavy atom. The number of hydrogen-bond donors (Lipinski definition) is 2. The number of nitrogens with one attached hydrogen (secondary N) is 2. The van der Waals surface area contributed by atoms with E-state index in [0.717, 1.165) is 27.9 Å². The van der Waals surface area contributed by atoms with E-state index in [4.69, 9.17) is 11.6 Å². The number of pyridine rings is 1. The van der Waals surface area contributed by atoms with Gasteiger partial charge in [-0.2, -0.15) is 5.10 Å². The number of rotatable bonds is 1. The maximum Gasteiger partial charge on any atom is 0.240 e. The Balaban J connectivity index is 2.16. The van der Waals surface area contributed by atoms with Crippen molar-refractivity contribution in [1.82, 2.24) is 15.4 Å². The van der Waals surface area contributed by atoms with E-state index in [2.05, 4.69) is 20.5 Å². The lowest BCUT2D eigenvalue weighted by atomic mass is 10.0. The molecule has 18 heavy (non-hydrogen) atoms. The number of hydrogen-bond acceptors (Lipinski definition) is 3. The van der Waals surface area contributed by atoms with Crippen LogP contribution in [0.25, 0.3) is 11.0 Å². The molecule has 2 N–H and O–H groups in total. The van der Waals surface area contributed by atoms with Crippen LogP contribution in [-0.4, -0.2) is 21.6 Å². The van der Waals surface area contributed by atoms with E-state index < -0.39 is 0 Å². The standard InChI is InChI=1S/C12H11ClN4O/c1-6-4-9(13)15-12-11(6)7(5-14-12)8-2-3-10(18)17-16-8/h4-5H,2-3H2,1H3,(H,14,15)(H,17,18). The van der Waals surface area contributed by atoms with E-state index in [1.165, 1.54) is 0 Å². The number of H-pyrrole nitrogens is 1. The lowest BCUT2D eigenvalue weighted by Gasteiger charge is -2.11. The number of aryl methyl sites for hydroxylation is 1. The average Bonchev–Trinajstić information content (AvgIpc) is 2.74. The number of fused-ring (bicyclic) bond motifs is 1. The third-order valence-electron chi connectivity index (χ3n) is 3.02. The summed E-state index contributed by atoms with van der Waals surface area (Å²) in [6.45, 7) is 1.98. The fourth-order valence-electron chi connectivity index (χ4n) is 2.19. The number of nitrogens with zero attached hydrogens (tertiary/aromatic N) is 2. The summed E-state index contributed by atoms with van der Waals surface area (Å²) in [5.74, 6) is -0.0449. The maximum absolute atomic E-state index is 11.1. The minimum Gasteiger partial charge on any atom is -0.345 e. The van der Waals surface area contributed by atoms with E-state index >= 15 is 0 Å². The molecule has 0 atom stereocenters. The van der Waals surface area contributed by atoms with Crippen molar-refractivity contribution in [1.29, 1.82) is 0 Å². The molecule has 0 radical (unpaired) electrons. The average molecular weight is 263 g/mol. The number of carbonyl (C=O) groups excluding carboxylic acids is 1. The Labute approximate surface area is 108 Å². The topological polar surface area (TPSA) is 70.1 Å². The first-order valence-electron chi connectivity index (χ1n) is 5.65. The molecule has 1 aliphatic heterocycles. The van der Waals surface area contributed by atoms with Crippen LogP contribution in [0.1, 0.15) is 24.0 Å². The van der Waals surface area contributed by atoms with Gasteiger partial charge in [0.15, 0.2) is 0 Å². The smallest absolute Gasteiger partial charge is 0.240 e. The Morgan fingerprint density at radius 2 is 2.22 bits per heavy atom. The van der Waals surface area contributed by atoms with Gasteiger partial charge in [0.2, 0.25) is 5.91 Å². The van der Waals surface area contributed by atoms with Crippen LogP contribution in [0.5, 0.6) is 0 Å². The minimum absolute atomic E-state index is 0.0449. The molecule has 0 saturated heterocycles. The highest BCUT2D eigenvalue weighted by molar-refractivity contribution is 6.30. The predicted octanol–water partition coefficient (Wildman–Crippen LogP) is 2.14. The first kappa shape index (κ1) is 11.2. The zero-order valence-electron chi connectivity index (χ0n) is 9.75. The molecule has 0 saturated carbocycles. The molecule has 0 fully saturated rings. The molecule has 3 heterocycles. The molecule has 1 amide bonds. The Morgan fingerprint density at radius 1 is 1.39 bits per heavy atom. The first-order chi connectivity index (χ1) is 8.65. The lowest BCUT2D eigenvalue weighted by Crippen LogP contribution is -2.25. The van der Waals surface area contributed by atoms with Gasteiger partial charge >= 0.3 is 0 Å². The zero-order chi connectivity index (χ0) is 12.7. The summed E-state index contributed by atoms with van der Waals surface area (Å²) >= 11 is 5.92. The van der Waals surface area contributed by atoms with Crippen molar-refractivity contribution in [2.24, 2.45) is 5.10 Å². The minimum atomic E-state index is -0.0449. The first-order valence-corrected chi connectivity index (χ1v) is 6.03. The molecular weight excluding hydrogens is 252 g/mol. The molecule has 0 spiro atoms. The van der Waals surface area contributed by atoms with Gasteiger partial charge in [-0.3, -0.25) is 4.79 Å². The van der Waals surface area contributed by atoms with Gasteiger partial charge < -0.3 is 4.98 Å². The van der Waals surface area contributed by atoms with Crippen LogP contribution < -0.4 is 5.43 Å². The lowest BCUT2D eigenvalue weighted by molar-refractivity contribution is -0.121. The van der Waals surface area contributed by atoms with Crippen molar-refractivity contribution >= 4 is 34.3 Å². The summed E-state index contributed by atoms with van der Waals surface area (Å²) in [5, 5.41) is 5.58. The van der Waals surface area contributed by atoms with Gasteiger partial charge in [-0.15, -0.1) is 0 Å². The van der Waals surface area contributed by atoms with E-state index in [1.807, 2.05) is 19.2 Å². The zero-order valence-corrected chi connectivity index (χ0v) is 10.5. The number of hydrazone groups is 1. The second-order valence-corrected chi connectivity index (χ2v) is 4.67. The normalized spacial score (nSPS) is 15.7. The van der Waals surface area contributed by atoms with Gasteiger partial charge in [0.25, 0.3) is 0 Å². The molecule has 2 aromatic rings. The second-order valence-electron chi connectivity index (χ2n) is 4.28. The summed E-state index contributed by atoms with van der Waals surface area (Å²) in [5.41, 5.74) is 6.14. The van der Waals surface area contributed by atoms with Crippen LogP contribution in [0.2, 0.25) is 5.15 Å².